The minimum atomic E-state index is -0.936. The molecule has 1 aromatic heterocycles. The number of benzene rings is 2. The van der Waals surface area contributed by atoms with Crippen LogP contribution in [-0.4, -0.2) is 32.5 Å². The van der Waals surface area contributed by atoms with Crippen molar-refractivity contribution in [3.05, 3.63) is 65.9 Å². The Morgan fingerprint density at radius 3 is 2.58 bits per heavy atom. The van der Waals surface area contributed by atoms with Gasteiger partial charge in [0.2, 0.25) is 0 Å². The van der Waals surface area contributed by atoms with Gasteiger partial charge in [-0.2, -0.15) is 0 Å². The lowest BCUT2D eigenvalue weighted by Crippen LogP contribution is -2.48. The van der Waals surface area contributed by atoms with Crippen molar-refractivity contribution in [2.24, 2.45) is 0 Å². The van der Waals surface area contributed by atoms with E-state index in [1.165, 1.54) is 5.56 Å². The van der Waals surface area contributed by atoms with Crippen molar-refractivity contribution < 1.29 is 14.1 Å². The summed E-state index contributed by atoms with van der Waals surface area (Å²) in [5.74, 6) is 1.51. The number of aliphatic hydroxyl groups is 1. The maximum absolute atomic E-state index is 11.4. The highest BCUT2D eigenvalue weighted by molar-refractivity contribution is 7.86. The molecule has 1 N–H and O–H groups in total. The van der Waals surface area contributed by atoms with Gasteiger partial charge in [0.05, 0.1) is 18.6 Å². The second kappa shape index (κ2) is 5.76. The molecule has 2 heterocycles. The molecule has 1 aliphatic rings. The van der Waals surface area contributed by atoms with Crippen molar-refractivity contribution >= 4 is 21.7 Å². The largest absolute Gasteiger partial charge is 0.497 e. The molecular formula is C19H19NO3S. The van der Waals surface area contributed by atoms with Gasteiger partial charge in [-0.3, -0.25) is 4.21 Å². The van der Waals surface area contributed by atoms with E-state index in [-0.39, 0.29) is 0 Å². The lowest BCUT2D eigenvalue weighted by molar-refractivity contribution is 0.0731. The second-order valence-corrected chi connectivity index (χ2v) is 7.78. The topological polar surface area (TPSA) is 51.5 Å². The summed E-state index contributed by atoms with van der Waals surface area (Å²) in [5.41, 5.74) is 2.18. The number of ether oxygens (including phenoxy) is 1. The predicted octanol–water partition coefficient (Wildman–Crippen LogP) is 2.65. The van der Waals surface area contributed by atoms with Gasteiger partial charge < -0.3 is 14.4 Å². The number of nitrogens with zero attached hydrogens (tertiary/aromatic N) is 1. The van der Waals surface area contributed by atoms with E-state index in [4.69, 9.17) is 4.74 Å². The van der Waals surface area contributed by atoms with E-state index in [0.29, 0.717) is 11.5 Å². The molecule has 0 amide bonds. The highest BCUT2D eigenvalue weighted by atomic mass is 32.2. The highest BCUT2D eigenvalue weighted by Gasteiger charge is 2.42. The summed E-state index contributed by atoms with van der Waals surface area (Å²) in [6.45, 7) is 0.751. The van der Waals surface area contributed by atoms with Gasteiger partial charge in [0.15, 0.2) is 0 Å². The zero-order valence-corrected chi connectivity index (χ0v) is 14.3. The van der Waals surface area contributed by atoms with Gasteiger partial charge in [-0.1, -0.05) is 24.3 Å². The van der Waals surface area contributed by atoms with Crippen LogP contribution in [0.1, 0.15) is 11.1 Å². The van der Waals surface area contributed by atoms with E-state index in [1.54, 1.807) is 7.11 Å². The molecule has 3 aromatic rings. The predicted molar refractivity (Wildman–Crippen MR) is 95.8 cm³/mol. The molecule has 1 saturated heterocycles. The summed E-state index contributed by atoms with van der Waals surface area (Å²) in [5, 5.41) is 11.7. The fourth-order valence-electron chi connectivity index (χ4n) is 3.20. The molecule has 4 rings (SSSR count). The fraction of sp³-hybridized carbons (Fsp3) is 0.263. The van der Waals surface area contributed by atoms with Crippen LogP contribution in [0, 0.1) is 0 Å². The Hall–Kier alpha value is -2.11. The molecule has 2 aromatic carbocycles. The lowest BCUT2D eigenvalue weighted by atomic mass is 9.96. The van der Waals surface area contributed by atoms with E-state index < -0.39 is 16.4 Å². The standard InChI is InChI=1S/C19H19NO3S/c1-23-17-6-2-14(3-7-17)11-20-9-8-15-4-5-16(10-18(15)20)19(21)12-24(22)13-19/h2-10,21H,11-13H2,1H3. The number of methoxy groups -OCH3 is 1. The Morgan fingerprint density at radius 1 is 1.17 bits per heavy atom. The second-order valence-electron chi connectivity index (χ2n) is 6.33. The van der Waals surface area contributed by atoms with Crippen LogP contribution in [0.3, 0.4) is 0 Å². The van der Waals surface area contributed by atoms with Crippen LogP contribution in [0.15, 0.2) is 54.7 Å². The van der Waals surface area contributed by atoms with E-state index in [9.17, 15) is 9.32 Å². The molecule has 5 heteroatoms. The maximum atomic E-state index is 11.4. The SMILES string of the molecule is COc1ccc(Cn2ccc3ccc(C4(O)CS(=O)C4)cc32)cc1. The van der Waals surface area contributed by atoms with Gasteiger partial charge in [-0.05, 0) is 40.8 Å². The lowest BCUT2D eigenvalue weighted by Gasteiger charge is -2.36. The van der Waals surface area contributed by atoms with Gasteiger partial charge >= 0.3 is 0 Å². The molecule has 1 fully saturated rings. The molecule has 4 nitrogen and oxygen atoms in total. The first-order chi connectivity index (χ1) is 11.6. The van der Waals surface area contributed by atoms with E-state index in [2.05, 4.69) is 29.0 Å². The van der Waals surface area contributed by atoms with Crippen molar-refractivity contribution in [3.8, 4) is 5.75 Å². The van der Waals surface area contributed by atoms with Crippen molar-refractivity contribution in [2.75, 3.05) is 18.6 Å². The Labute approximate surface area is 143 Å². The highest BCUT2D eigenvalue weighted by Crippen LogP contribution is 2.33. The number of rotatable bonds is 4. The van der Waals surface area contributed by atoms with Gasteiger partial charge in [-0.15, -0.1) is 0 Å². The Morgan fingerprint density at radius 2 is 1.92 bits per heavy atom. The third kappa shape index (κ3) is 2.64. The Bertz CT molecular complexity index is 906. The van der Waals surface area contributed by atoms with Crippen molar-refractivity contribution in [1.82, 2.24) is 4.57 Å². The van der Waals surface area contributed by atoms with Crippen molar-refractivity contribution in [2.45, 2.75) is 12.1 Å². The number of hydrogen-bond donors (Lipinski definition) is 1. The maximum Gasteiger partial charge on any atom is 0.118 e. The first-order valence-electron chi connectivity index (χ1n) is 7.87. The zero-order valence-electron chi connectivity index (χ0n) is 13.4. The zero-order chi connectivity index (χ0) is 16.7. The molecule has 0 bridgehead atoms. The fourth-order valence-corrected chi connectivity index (χ4v) is 4.51. The molecule has 0 atom stereocenters. The average molecular weight is 341 g/mol. The minimum Gasteiger partial charge on any atom is -0.497 e. The van der Waals surface area contributed by atoms with Crippen molar-refractivity contribution in [3.63, 3.8) is 0 Å². The Kier molecular flexibility index (Phi) is 3.70. The van der Waals surface area contributed by atoms with Gasteiger partial charge in [0, 0.05) is 29.1 Å². The van der Waals surface area contributed by atoms with E-state index in [0.717, 1.165) is 28.8 Å². The number of hydrogen-bond acceptors (Lipinski definition) is 3. The normalized spacial score (nSPS) is 23.2. The molecule has 1 aliphatic heterocycles. The molecule has 24 heavy (non-hydrogen) atoms. The summed E-state index contributed by atoms with van der Waals surface area (Å²) < 4.78 is 18.8. The van der Waals surface area contributed by atoms with Crippen LogP contribution in [-0.2, 0) is 22.9 Å². The molecule has 0 aliphatic carbocycles. The molecule has 124 valence electrons. The molecule has 0 unspecified atom stereocenters. The smallest absolute Gasteiger partial charge is 0.118 e. The number of fused-ring (bicyclic) bond motifs is 1. The Balaban J connectivity index is 1.66. The molecule has 0 saturated carbocycles. The van der Waals surface area contributed by atoms with Gasteiger partial charge in [-0.25, -0.2) is 0 Å². The summed E-state index contributed by atoms with van der Waals surface area (Å²) in [4.78, 5) is 0. The monoisotopic (exact) mass is 341 g/mol. The van der Waals surface area contributed by atoms with Gasteiger partial charge in [0.1, 0.15) is 11.4 Å². The van der Waals surface area contributed by atoms with Crippen LogP contribution in [0.2, 0.25) is 0 Å². The van der Waals surface area contributed by atoms with Crippen LogP contribution in [0.5, 0.6) is 5.75 Å². The summed E-state index contributed by atoms with van der Waals surface area (Å²) in [6.07, 6.45) is 2.06. The number of aromatic nitrogens is 1. The minimum absolute atomic E-state index is 0.331. The van der Waals surface area contributed by atoms with Crippen LogP contribution < -0.4 is 4.74 Å². The average Bonchev–Trinajstić information content (AvgIpc) is 2.96. The summed E-state index contributed by atoms with van der Waals surface area (Å²) >= 11 is 0. The van der Waals surface area contributed by atoms with Crippen LogP contribution in [0.4, 0.5) is 0 Å². The van der Waals surface area contributed by atoms with Crippen LogP contribution in [0.25, 0.3) is 10.9 Å². The van der Waals surface area contributed by atoms with E-state index >= 15 is 0 Å². The summed E-state index contributed by atoms with van der Waals surface area (Å²) in [6, 6.07) is 16.1. The first kappa shape index (κ1) is 15.4. The third-order valence-electron chi connectivity index (χ3n) is 4.62. The summed E-state index contributed by atoms with van der Waals surface area (Å²) in [7, 11) is 0.766. The first-order valence-corrected chi connectivity index (χ1v) is 9.36. The van der Waals surface area contributed by atoms with E-state index in [1.807, 2.05) is 30.3 Å². The molecule has 0 spiro atoms. The quantitative estimate of drug-likeness (QED) is 0.794. The van der Waals surface area contributed by atoms with Crippen molar-refractivity contribution in [1.29, 1.82) is 0 Å². The van der Waals surface area contributed by atoms with Crippen LogP contribution >= 0.6 is 0 Å². The van der Waals surface area contributed by atoms with Gasteiger partial charge in [0.25, 0.3) is 0 Å². The molecular weight excluding hydrogens is 322 g/mol. The molecule has 0 radical (unpaired) electrons. The third-order valence-corrected chi connectivity index (χ3v) is 6.22.